The standard InChI is InChI=1S/C26H36ClN6O7P/c1-15(22(34)37-13-24(2,3)4)32-41(36,39-16-11-9-8-10-12-16)40-19-18-26(19,35)25(5,27)23(38-18)33-14-31-17(20(28)29-6)21(33)30-7/h8-12,14-15,18-19,23,35H,7,13H2,1-6H3,(H2,28,29)(H,32,36)/t15-,18-,19?,23-,25+,26+,41-/m1/s1. The number of halogens is 1. The molecule has 224 valence electrons. The van der Waals surface area contributed by atoms with E-state index >= 15 is 0 Å². The van der Waals surface area contributed by atoms with Gasteiger partial charge >= 0.3 is 13.7 Å². The minimum atomic E-state index is -4.31. The van der Waals surface area contributed by atoms with Gasteiger partial charge in [-0.3, -0.25) is 18.9 Å². The smallest absolute Gasteiger partial charge is 0.459 e. The molecule has 4 rings (SSSR count). The Morgan fingerprint density at radius 2 is 2.05 bits per heavy atom. The number of hydrogen-bond donors (Lipinski definition) is 3. The van der Waals surface area contributed by atoms with Crippen molar-refractivity contribution in [2.75, 3.05) is 13.7 Å². The summed E-state index contributed by atoms with van der Waals surface area (Å²) in [5.41, 5.74) is 4.13. The molecule has 4 N–H and O–H groups in total. The summed E-state index contributed by atoms with van der Waals surface area (Å²) in [6.07, 6.45) is -1.75. The van der Waals surface area contributed by atoms with Crippen LogP contribution in [0.4, 0.5) is 5.82 Å². The van der Waals surface area contributed by atoms with Gasteiger partial charge in [0.2, 0.25) is 0 Å². The number of carbonyl (C=O) groups is 1. The molecule has 2 fully saturated rings. The second-order valence-corrected chi connectivity index (χ2v) is 13.8. The molecule has 1 saturated carbocycles. The van der Waals surface area contributed by atoms with Gasteiger partial charge in [0.15, 0.2) is 12.0 Å². The molecule has 1 saturated heterocycles. The molecule has 0 bridgehead atoms. The van der Waals surface area contributed by atoms with E-state index in [1.54, 1.807) is 37.3 Å². The molecule has 41 heavy (non-hydrogen) atoms. The van der Waals surface area contributed by atoms with E-state index in [-0.39, 0.29) is 35.1 Å². The number of amidine groups is 1. The van der Waals surface area contributed by atoms with Crippen molar-refractivity contribution in [2.45, 2.75) is 69.6 Å². The van der Waals surface area contributed by atoms with Crippen LogP contribution in [0.15, 0.2) is 46.6 Å². The van der Waals surface area contributed by atoms with Crippen LogP contribution in [0.25, 0.3) is 0 Å². The van der Waals surface area contributed by atoms with E-state index in [1.807, 2.05) is 20.8 Å². The number of imidazole rings is 1. The Balaban J connectivity index is 1.56. The topological polar surface area (TPSA) is 172 Å². The fourth-order valence-electron chi connectivity index (χ4n) is 4.49. The monoisotopic (exact) mass is 610 g/mol. The van der Waals surface area contributed by atoms with Gasteiger partial charge in [-0.05, 0) is 38.1 Å². The maximum absolute atomic E-state index is 14.1. The van der Waals surface area contributed by atoms with Crippen LogP contribution in [0.3, 0.4) is 0 Å². The summed E-state index contributed by atoms with van der Waals surface area (Å²) in [7, 11) is -2.80. The van der Waals surface area contributed by atoms with Crippen molar-refractivity contribution in [3.8, 4) is 5.75 Å². The van der Waals surface area contributed by atoms with Crippen molar-refractivity contribution in [1.82, 2.24) is 14.6 Å². The number of para-hydroxylation sites is 1. The van der Waals surface area contributed by atoms with Crippen molar-refractivity contribution < 1.29 is 33.0 Å². The lowest BCUT2D eigenvalue weighted by molar-refractivity contribution is -0.148. The Morgan fingerprint density at radius 3 is 2.59 bits per heavy atom. The summed E-state index contributed by atoms with van der Waals surface area (Å²) < 4.78 is 38.6. The first-order valence-electron chi connectivity index (χ1n) is 12.9. The summed E-state index contributed by atoms with van der Waals surface area (Å²) in [5, 5.41) is 14.3. The second kappa shape index (κ2) is 11.1. The molecule has 0 radical (unpaired) electrons. The predicted octanol–water partition coefficient (Wildman–Crippen LogP) is 3.33. The zero-order chi connectivity index (χ0) is 30.4. The fourth-order valence-corrected chi connectivity index (χ4v) is 6.57. The van der Waals surface area contributed by atoms with Crippen LogP contribution in [0, 0.1) is 5.41 Å². The Bertz CT molecular complexity index is 1380. The normalized spacial score (nSPS) is 29.8. The molecule has 0 amide bonds. The van der Waals surface area contributed by atoms with E-state index in [1.165, 1.54) is 24.9 Å². The van der Waals surface area contributed by atoms with Crippen molar-refractivity contribution in [2.24, 2.45) is 21.1 Å². The number of aromatic nitrogens is 2. The highest BCUT2D eigenvalue weighted by molar-refractivity contribution is 7.52. The number of rotatable bonds is 11. The first-order valence-corrected chi connectivity index (χ1v) is 14.8. The third-order valence-electron chi connectivity index (χ3n) is 6.78. The third kappa shape index (κ3) is 5.93. The van der Waals surface area contributed by atoms with Gasteiger partial charge in [-0.15, -0.1) is 11.6 Å². The number of nitrogens with zero attached hydrogens (tertiary/aromatic N) is 4. The van der Waals surface area contributed by atoms with Crippen LogP contribution in [0.2, 0.25) is 0 Å². The number of hydrogen-bond acceptors (Lipinski definition) is 10. The van der Waals surface area contributed by atoms with Gasteiger partial charge in [0.05, 0.1) is 12.9 Å². The highest BCUT2D eigenvalue weighted by atomic mass is 35.5. The summed E-state index contributed by atoms with van der Waals surface area (Å²) in [6, 6.07) is 7.20. The average Bonchev–Trinajstić information content (AvgIpc) is 3.18. The summed E-state index contributed by atoms with van der Waals surface area (Å²) in [5.74, 6) is -0.0593. The molecule has 2 aliphatic rings. The summed E-state index contributed by atoms with van der Waals surface area (Å²) in [4.78, 5) is 23.3. The third-order valence-corrected chi connectivity index (χ3v) is 8.93. The molecule has 1 aromatic heterocycles. The van der Waals surface area contributed by atoms with E-state index in [2.05, 4.69) is 26.8 Å². The second-order valence-electron chi connectivity index (χ2n) is 11.3. The van der Waals surface area contributed by atoms with Gasteiger partial charge in [0, 0.05) is 7.05 Å². The Hall–Kier alpha value is -2.80. The van der Waals surface area contributed by atoms with Crippen LogP contribution in [0.1, 0.15) is 46.5 Å². The van der Waals surface area contributed by atoms with E-state index in [0.717, 1.165) is 0 Å². The number of aliphatic hydroxyl groups is 1. The molecule has 15 heteroatoms. The fraction of sp³-hybridized carbons (Fsp3) is 0.538. The minimum Gasteiger partial charge on any atom is -0.464 e. The van der Waals surface area contributed by atoms with E-state index in [9.17, 15) is 14.5 Å². The molecule has 2 aromatic rings. The number of nitrogens with one attached hydrogen (secondary N) is 1. The first kappa shape index (κ1) is 31.1. The van der Waals surface area contributed by atoms with E-state index < -0.39 is 48.7 Å². The molecule has 2 heterocycles. The van der Waals surface area contributed by atoms with Crippen LogP contribution < -0.4 is 15.3 Å². The van der Waals surface area contributed by atoms with Gasteiger partial charge in [0.25, 0.3) is 0 Å². The van der Waals surface area contributed by atoms with Crippen LogP contribution in [0.5, 0.6) is 5.75 Å². The largest absolute Gasteiger partial charge is 0.464 e. The van der Waals surface area contributed by atoms with Crippen LogP contribution in [-0.4, -0.2) is 75.6 Å². The number of benzene rings is 1. The molecule has 1 aromatic carbocycles. The summed E-state index contributed by atoms with van der Waals surface area (Å²) >= 11 is 6.92. The number of carbonyl (C=O) groups excluding carboxylic acids is 1. The Morgan fingerprint density at radius 1 is 1.39 bits per heavy atom. The molecular formula is C26H36ClN6O7P. The predicted molar refractivity (Wildman–Crippen MR) is 154 cm³/mol. The lowest BCUT2D eigenvalue weighted by Gasteiger charge is -2.33. The van der Waals surface area contributed by atoms with Gasteiger partial charge in [0.1, 0.15) is 46.0 Å². The first-order chi connectivity index (χ1) is 19.1. The Kier molecular flexibility index (Phi) is 8.45. The number of ether oxygens (including phenoxy) is 2. The average molecular weight is 611 g/mol. The van der Waals surface area contributed by atoms with Crippen molar-refractivity contribution in [1.29, 1.82) is 0 Å². The number of aliphatic imine (C=N–C) groups is 2. The molecular weight excluding hydrogens is 575 g/mol. The van der Waals surface area contributed by atoms with E-state index in [4.69, 9.17) is 35.9 Å². The zero-order valence-corrected chi connectivity index (χ0v) is 25.4. The van der Waals surface area contributed by atoms with Gasteiger partial charge in [-0.25, -0.2) is 14.5 Å². The van der Waals surface area contributed by atoms with Crippen molar-refractivity contribution >= 4 is 43.7 Å². The SMILES string of the molecule is C=Nc1c(C(N)=NC)ncn1[C@@H]1O[C@@H]2C(O[P@@](=O)(N[C@H](C)C(=O)OCC(C)(C)C)Oc3ccccc3)[C@]2(O)[C@@]1(C)Cl. The van der Waals surface area contributed by atoms with Gasteiger partial charge in [-0.2, -0.15) is 5.09 Å². The van der Waals surface area contributed by atoms with Crippen molar-refractivity contribution in [3.63, 3.8) is 0 Å². The molecule has 1 aliphatic heterocycles. The molecule has 7 atom stereocenters. The quantitative estimate of drug-likeness (QED) is 0.113. The molecule has 1 unspecified atom stereocenters. The van der Waals surface area contributed by atoms with E-state index in [0.29, 0.717) is 0 Å². The lowest BCUT2D eigenvalue weighted by Crippen LogP contribution is -2.44. The minimum absolute atomic E-state index is 0.130. The van der Waals surface area contributed by atoms with Crippen LogP contribution >= 0.6 is 19.3 Å². The maximum Gasteiger partial charge on any atom is 0.459 e. The summed E-state index contributed by atoms with van der Waals surface area (Å²) in [6.45, 7) is 12.5. The molecule has 0 spiro atoms. The Labute approximate surface area is 243 Å². The highest BCUT2D eigenvalue weighted by Crippen LogP contribution is 2.67. The molecule has 13 nitrogen and oxygen atoms in total. The van der Waals surface area contributed by atoms with Gasteiger partial charge in [-0.1, -0.05) is 39.0 Å². The number of alkyl halides is 1. The number of esters is 1. The van der Waals surface area contributed by atoms with Crippen LogP contribution in [-0.2, 0) is 23.4 Å². The zero-order valence-electron chi connectivity index (χ0n) is 23.8. The highest BCUT2D eigenvalue weighted by Gasteiger charge is 2.84. The number of fused-ring (bicyclic) bond motifs is 1. The lowest BCUT2D eigenvalue weighted by atomic mass is 9.99. The van der Waals surface area contributed by atoms with Crippen molar-refractivity contribution in [3.05, 3.63) is 42.4 Å². The maximum atomic E-state index is 14.1. The van der Waals surface area contributed by atoms with Gasteiger partial charge < -0.3 is 24.8 Å². The molecule has 1 aliphatic carbocycles. The number of nitrogens with two attached hydrogens (primary N) is 1.